The molecule has 0 radical (unpaired) electrons. The number of aliphatic hydroxyl groups excluding tert-OH is 1. The molecule has 0 aliphatic rings. The summed E-state index contributed by atoms with van der Waals surface area (Å²) in [6.07, 6.45) is 14.6. The number of halogens is 5. The number of carbonyl (C=O) groups excluding carboxylic acids is 2. The number of aliphatic hydroxyl groups is 1. The smallest absolute Gasteiger partial charge is 0.340 e. The van der Waals surface area contributed by atoms with Crippen molar-refractivity contribution in [3.05, 3.63) is 176 Å². The fourth-order valence-corrected chi connectivity index (χ4v) is 6.21. The number of nitrogens with zero attached hydrogens (tertiary/aromatic N) is 11. The molecule has 0 aliphatic carbocycles. The van der Waals surface area contributed by atoms with E-state index in [0.29, 0.717) is 53.4 Å². The second-order valence-electron chi connectivity index (χ2n) is 14.1. The van der Waals surface area contributed by atoms with Crippen molar-refractivity contribution in [2.24, 2.45) is 34.0 Å². The molecule has 0 spiro atoms. The van der Waals surface area contributed by atoms with Gasteiger partial charge in [0.05, 0.1) is 57.7 Å². The third kappa shape index (κ3) is 19.8. The predicted octanol–water partition coefficient (Wildman–Crippen LogP) is 3.75. The van der Waals surface area contributed by atoms with Crippen LogP contribution in [0.3, 0.4) is 0 Å². The van der Waals surface area contributed by atoms with Crippen LogP contribution in [-0.4, -0.2) is 109 Å². The fraction of sp³-hybridized carbons (Fsp3) is 0.205. The number of carbonyl (C=O) groups is 2. The van der Waals surface area contributed by atoms with Gasteiger partial charge in [-0.2, -0.15) is 10.2 Å². The maximum Gasteiger partial charge on any atom is 0.340 e. The van der Waals surface area contributed by atoms with Crippen LogP contribution in [0.15, 0.2) is 121 Å². The summed E-state index contributed by atoms with van der Waals surface area (Å²) >= 11 is 25.5. The standard InChI is InChI=1S/C9H9NO4.2C8H6ClN3O.2C8H7N3O2.C2H6O.CH6N2.Cl3OP/c1-13-8(11)6-3-4-10-5-7(6)9(12)14-2;1-12-8(13)5-2-3-10-4-6(5)7(9)11-12;1-12-8(13)6-4-10-3-2-5(6)7(9)11-12;1-11-8(13)5-2-3-9-4-6(5)7(12)10-11;1-11-8(13)6-4-9-3-2-5(6)7(12)10-11;1-2-3;1-3-2;1-5(2,3)4/h3-5H,1-2H3;2*2-4H,1H3;2*2-4H,1H3,(H,10,12);2*3H,2H2,1H3;. The average molecular weight is 1190 g/mol. The van der Waals surface area contributed by atoms with Crippen molar-refractivity contribution in [2.75, 3.05) is 27.9 Å². The van der Waals surface area contributed by atoms with Crippen molar-refractivity contribution < 1.29 is 28.7 Å². The zero-order valence-corrected chi connectivity index (χ0v) is 46.3. The lowest BCUT2D eigenvalue weighted by Gasteiger charge is -2.04. The minimum absolute atomic E-state index is 0.0989. The number of methoxy groups -OCH3 is 2. The molecule has 9 aromatic heterocycles. The first kappa shape index (κ1) is 65.5. The Kier molecular flexibility index (Phi) is 27.3. The Balaban J connectivity index is 0.000000314. The lowest BCUT2D eigenvalue weighted by Crippen LogP contribution is -2.27. The van der Waals surface area contributed by atoms with Gasteiger partial charge in [-0.1, -0.05) is 23.2 Å². The minimum atomic E-state index is -3.22. The first-order valence-corrected chi connectivity index (χ1v) is 26.3. The minimum Gasteiger partial charge on any atom is -0.465 e. The van der Waals surface area contributed by atoms with Crippen molar-refractivity contribution >= 4 is 117 Å². The molecule has 0 amide bonds. The monoisotopic (exact) mass is 1180 g/mol. The Morgan fingerprint density at radius 2 is 0.883 bits per heavy atom. The second kappa shape index (κ2) is 32.1. The summed E-state index contributed by atoms with van der Waals surface area (Å²) in [5.74, 6) is 3.39. The molecule has 6 N–H and O–H groups in total. The van der Waals surface area contributed by atoms with E-state index in [-0.39, 0.29) is 51.1 Å². The van der Waals surface area contributed by atoms with Gasteiger partial charge in [-0.15, -0.1) is 0 Å². The Labute approximate surface area is 457 Å². The van der Waals surface area contributed by atoms with Gasteiger partial charge in [-0.05, 0) is 78.0 Å². The van der Waals surface area contributed by atoms with Crippen molar-refractivity contribution in [1.82, 2.24) is 69.5 Å². The number of nitrogens with two attached hydrogens (primary N) is 1. The molecule has 410 valence electrons. The van der Waals surface area contributed by atoms with Gasteiger partial charge in [-0.3, -0.25) is 89.1 Å². The summed E-state index contributed by atoms with van der Waals surface area (Å²) < 4.78 is 23.2. The largest absolute Gasteiger partial charge is 0.465 e. The van der Waals surface area contributed by atoms with E-state index in [1.165, 1.54) is 105 Å². The van der Waals surface area contributed by atoms with Gasteiger partial charge in [0.25, 0.3) is 33.4 Å². The van der Waals surface area contributed by atoms with Crippen LogP contribution in [0.5, 0.6) is 0 Å². The van der Waals surface area contributed by atoms with Crippen molar-refractivity contribution in [2.45, 2.75) is 6.92 Å². The summed E-state index contributed by atoms with van der Waals surface area (Å²) in [4.78, 5) is 110. The summed E-state index contributed by atoms with van der Waals surface area (Å²) in [5, 5.41) is 21.1. The first-order chi connectivity index (χ1) is 36.3. The van der Waals surface area contributed by atoms with Gasteiger partial charge in [0.1, 0.15) is 0 Å². The number of H-pyrrole nitrogens is 2. The van der Waals surface area contributed by atoms with Crippen LogP contribution in [0.4, 0.5) is 0 Å². The van der Waals surface area contributed by atoms with Gasteiger partial charge < -0.3 is 14.6 Å². The lowest BCUT2D eigenvalue weighted by atomic mass is 10.1. The molecule has 0 bridgehead atoms. The molecule has 0 saturated carbocycles. The van der Waals surface area contributed by atoms with Crippen molar-refractivity contribution in [3.63, 3.8) is 0 Å². The molecular formula is C44H47Cl5N15O12P. The highest BCUT2D eigenvalue weighted by Gasteiger charge is 2.18. The van der Waals surface area contributed by atoms with E-state index in [2.05, 4.69) is 99.8 Å². The van der Waals surface area contributed by atoms with Gasteiger partial charge >= 0.3 is 17.1 Å². The summed E-state index contributed by atoms with van der Waals surface area (Å²) in [6, 6.07) is 7.76. The Hall–Kier alpha value is -7.59. The van der Waals surface area contributed by atoms with E-state index >= 15 is 0 Å². The number of nitrogens with one attached hydrogen (secondary N) is 3. The molecule has 0 saturated heterocycles. The normalized spacial score (nSPS) is 10.1. The van der Waals surface area contributed by atoms with Gasteiger partial charge in [0.15, 0.2) is 10.3 Å². The number of rotatable bonds is 2. The molecule has 0 aromatic carbocycles. The maximum absolute atomic E-state index is 11.5. The van der Waals surface area contributed by atoms with Crippen LogP contribution >= 0.6 is 62.1 Å². The van der Waals surface area contributed by atoms with E-state index in [1.54, 1.807) is 52.6 Å². The number of hydrogen-bond donors (Lipinski definition) is 5. The van der Waals surface area contributed by atoms with Crippen LogP contribution in [0.1, 0.15) is 27.6 Å². The molecule has 0 atom stereocenters. The Bertz CT molecular complexity index is 3640. The second-order valence-corrected chi connectivity index (χ2v) is 21.5. The van der Waals surface area contributed by atoms with Crippen LogP contribution in [-0.2, 0) is 42.2 Å². The number of aromatic amines is 2. The van der Waals surface area contributed by atoms with Crippen LogP contribution < -0.4 is 44.6 Å². The Morgan fingerprint density at radius 3 is 1.35 bits per heavy atom. The molecule has 9 rings (SSSR count). The van der Waals surface area contributed by atoms with E-state index in [4.69, 9.17) is 28.3 Å². The number of aryl methyl sites for hydroxylation is 4. The van der Waals surface area contributed by atoms with E-state index < -0.39 is 17.1 Å². The molecule has 9 heterocycles. The number of hydrogen-bond acceptors (Lipinski definition) is 21. The first-order valence-electron chi connectivity index (χ1n) is 21.1. The molecule has 0 unspecified atom stereocenters. The third-order valence-corrected chi connectivity index (χ3v) is 9.54. The SMILES string of the molecule is CCO.CNN.COC(=O)c1ccncc1C(=O)OC.Cn1[nH]c(=O)c2ccncc2c1=O.Cn1[nH]c(=O)c2cnccc2c1=O.Cn1nc(Cl)c2ccncc2c1=O.Cn1nc(Cl)c2cnccc2c1=O.O=P(Cl)(Cl)Cl. The number of aromatic nitrogens is 13. The van der Waals surface area contributed by atoms with Gasteiger partial charge in [-0.25, -0.2) is 19.0 Å². The predicted molar refractivity (Wildman–Crippen MR) is 293 cm³/mol. The van der Waals surface area contributed by atoms with Gasteiger partial charge in [0, 0.05) is 108 Å². The molecule has 0 aliphatic heterocycles. The molecule has 27 nitrogen and oxygen atoms in total. The summed E-state index contributed by atoms with van der Waals surface area (Å²) in [5.41, 5.74) is 1.09. The van der Waals surface area contributed by atoms with Crippen LogP contribution in [0.25, 0.3) is 43.1 Å². The molecule has 0 fully saturated rings. The number of fused-ring (bicyclic) bond motifs is 4. The zero-order valence-electron chi connectivity index (χ0n) is 41.6. The third-order valence-electron chi connectivity index (χ3n) is 8.98. The van der Waals surface area contributed by atoms with Crippen molar-refractivity contribution in [1.29, 1.82) is 0 Å². The van der Waals surface area contributed by atoms with Gasteiger partial charge in [0.2, 0.25) is 0 Å². The fourth-order valence-electron chi connectivity index (χ4n) is 5.67. The Morgan fingerprint density at radius 1 is 0.571 bits per heavy atom. The molecule has 77 heavy (non-hydrogen) atoms. The molecule has 9 aromatic rings. The van der Waals surface area contributed by atoms with Crippen molar-refractivity contribution in [3.8, 4) is 0 Å². The van der Waals surface area contributed by atoms with E-state index in [9.17, 15) is 42.9 Å². The maximum atomic E-state index is 11.5. The summed E-state index contributed by atoms with van der Waals surface area (Å²) in [6.45, 7) is 1.93. The van der Waals surface area contributed by atoms with Crippen LogP contribution in [0, 0.1) is 0 Å². The topological polar surface area (TPSA) is 372 Å². The lowest BCUT2D eigenvalue weighted by molar-refractivity contribution is 0.0554. The number of pyridine rings is 5. The van der Waals surface area contributed by atoms with Crippen LogP contribution in [0.2, 0.25) is 10.3 Å². The average Bonchev–Trinajstić information content (AvgIpc) is 3.41. The highest BCUT2D eigenvalue weighted by atomic mass is 36.0. The highest BCUT2D eigenvalue weighted by Crippen LogP contribution is 2.61. The summed E-state index contributed by atoms with van der Waals surface area (Å²) in [7, 11) is 10.2. The molecular weight excluding hydrogens is 1140 g/mol. The number of esters is 2. The zero-order chi connectivity index (χ0) is 58.2. The number of hydrazine groups is 1. The molecule has 33 heteroatoms. The quantitative estimate of drug-likeness (QED) is 0.0712. The van der Waals surface area contributed by atoms with E-state index in [1.807, 2.05) is 0 Å². The number of ether oxygens (including phenoxy) is 2. The highest BCUT2D eigenvalue weighted by molar-refractivity contribution is 8.24. The van der Waals surface area contributed by atoms with E-state index in [0.717, 1.165) is 9.36 Å².